The maximum atomic E-state index is 10.6. The first-order valence-corrected chi connectivity index (χ1v) is 5.28. The fourth-order valence-electron chi connectivity index (χ4n) is 0.655. The van der Waals surface area contributed by atoms with E-state index >= 15 is 0 Å². The van der Waals surface area contributed by atoms with Gasteiger partial charge in [0.1, 0.15) is 0 Å². The Balaban J connectivity index is 3.63. The molecule has 0 aliphatic heterocycles. The van der Waals surface area contributed by atoms with Gasteiger partial charge >= 0.3 is 5.37 Å². The summed E-state index contributed by atoms with van der Waals surface area (Å²) in [4.78, 5) is 12.2. The summed E-state index contributed by atoms with van der Waals surface area (Å²) in [6.07, 6.45) is 3.05. The molecule has 0 aliphatic rings. The smallest absolute Gasteiger partial charge is 0.316 e. The van der Waals surface area contributed by atoms with Gasteiger partial charge in [0.2, 0.25) is 0 Å². The average Bonchev–Trinajstić information content (AvgIpc) is 1.98. The van der Waals surface area contributed by atoms with Gasteiger partial charge in [-0.1, -0.05) is 0 Å². The highest BCUT2D eigenvalue weighted by Gasteiger charge is 2.11. The predicted octanol–water partition coefficient (Wildman–Crippen LogP) is 2.42. The highest BCUT2D eigenvalue weighted by atomic mass is 35.5. The second-order valence-electron chi connectivity index (χ2n) is 2.49. The number of thioether (sulfide) groups is 1. The topological polar surface area (TPSA) is 20.3 Å². The summed E-state index contributed by atoms with van der Waals surface area (Å²) in [5.41, 5.74) is 0. The molecule has 0 saturated carbocycles. The molecule has 1 atom stereocenters. The zero-order chi connectivity index (χ0) is 8.85. The molecule has 0 spiro atoms. The maximum Gasteiger partial charge on any atom is 0.316 e. The number of nitrogens with zero attached hydrogens (tertiary/aromatic N) is 1. The maximum absolute atomic E-state index is 10.6. The molecule has 2 nitrogen and oxygen atoms in total. The first kappa shape index (κ1) is 11.1. The molecule has 0 N–H and O–H groups in total. The Labute approximate surface area is 77.3 Å². The molecule has 1 amide bonds. The second kappa shape index (κ2) is 5.72. The van der Waals surface area contributed by atoms with Gasteiger partial charge in [-0.15, -0.1) is 0 Å². The van der Waals surface area contributed by atoms with Gasteiger partial charge in [-0.2, -0.15) is 11.8 Å². The van der Waals surface area contributed by atoms with Crippen LogP contribution in [0.1, 0.15) is 13.3 Å². The Morgan fingerprint density at radius 3 is 2.64 bits per heavy atom. The van der Waals surface area contributed by atoms with E-state index in [2.05, 4.69) is 6.26 Å². The third kappa shape index (κ3) is 4.53. The van der Waals surface area contributed by atoms with Crippen LogP contribution in [0.2, 0.25) is 0 Å². The lowest BCUT2D eigenvalue weighted by atomic mass is 10.2. The Morgan fingerprint density at radius 1 is 1.73 bits per heavy atom. The molecule has 0 aliphatic carbocycles. The SMILES string of the molecule is CSCCC(C)N(C)C(=O)Cl. The molecule has 0 saturated heterocycles. The van der Waals surface area contributed by atoms with E-state index in [0.717, 1.165) is 12.2 Å². The highest BCUT2D eigenvalue weighted by Crippen LogP contribution is 2.07. The minimum absolute atomic E-state index is 0.243. The number of carbonyl (C=O) groups excluding carboxylic acids is 1. The summed E-state index contributed by atoms with van der Waals surface area (Å²) in [5.74, 6) is 1.07. The van der Waals surface area contributed by atoms with Gasteiger partial charge in [0.05, 0.1) is 0 Å². The summed E-state index contributed by atoms with van der Waals surface area (Å²) in [7, 11) is 1.72. The summed E-state index contributed by atoms with van der Waals surface area (Å²) < 4.78 is 0. The summed E-state index contributed by atoms with van der Waals surface area (Å²) >= 11 is 7.06. The van der Waals surface area contributed by atoms with Gasteiger partial charge in [0, 0.05) is 13.1 Å². The Morgan fingerprint density at radius 2 is 2.27 bits per heavy atom. The van der Waals surface area contributed by atoms with Crippen molar-refractivity contribution in [3.05, 3.63) is 0 Å². The fraction of sp³-hybridized carbons (Fsp3) is 0.857. The van der Waals surface area contributed by atoms with Crippen molar-refractivity contribution in [2.45, 2.75) is 19.4 Å². The average molecular weight is 196 g/mol. The van der Waals surface area contributed by atoms with Gasteiger partial charge in [-0.3, -0.25) is 4.79 Å². The molecule has 0 fully saturated rings. The van der Waals surface area contributed by atoms with E-state index in [1.807, 2.05) is 6.92 Å². The van der Waals surface area contributed by atoms with Crippen LogP contribution in [0, 0.1) is 0 Å². The van der Waals surface area contributed by atoms with Crippen molar-refractivity contribution in [3.63, 3.8) is 0 Å². The summed E-state index contributed by atoms with van der Waals surface area (Å²) in [6, 6.07) is 0.243. The summed E-state index contributed by atoms with van der Waals surface area (Å²) in [5, 5.41) is -0.376. The Bertz CT molecular complexity index is 132. The van der Waals surface area contributed by atoms with Gasteiger partial charge in [-0.25, -0.2) is 0 Å². The Hall–Kier alpha value is 0.110. The van der Waals surface area contributed by atoms with Crippen molar-refractivity contribution in [2.24, 2.45) is 0 Å². The molecule has 0 radical (unpaired) electrons. The molecule has 0 aromatic heterocycles. The number of hydrogen-bond acceptors (Lipinski definition) is 2. The predicted molar refractivity (Wildman–Crippen MR) is 51.5 cm³/mol. The molecule has 0 rings (SSSR count). The van der Waals surface area contributed by atoms with E-state index in [1.165, 1.54) is 0 Å². The lowest BCUT2D eigenvalue weighted by Crippen LogP contribution is -2.31. The largest absolute Gasteiger partial charge is 0.330 e. The number of rotatable bonds is 4. The highest BCUT2D eigenvalue weighted by molar-refractivity contribution is 7.98. The van der Waals surface area contributed by atoms with Crippen LogP contribution in [0.4, 0.5) is 4.79 Å². The molecule has 1 unspecified atom stereocenters. The molecule has 0 aromatic carbocycles. The van der Waals surface area contributed by atoms with Crippen molar-refractivity contribution in [1.29, 1.82) is 0 Å². The van der Waals surface area contributed by atoms with Crippen LogP contribution in [0.3, 0.4) is 0 Å². The molecule has 66 valence electrons. The monoisotopic (exact) mass is 195 g/mol. The van der Waals surface area contributed by atoms with Crippen LogP contribution >= 0.6 is 23.4 Å². The lowest BCUT2D eigenvalue weighted by molar-refractivity contribution is 0.217. The van der Waals surface area contributed by atoms with Crippen molar-refractivity contribution >= 4 is 28.7 Å². The number of amides is 1. The minimum Gasteiger partial charge on any atom is -0.330 e. The Kier molecular flexibility index (Phi) is 5.78. The minimum atomic E-state index is -0.376. The lowest BCUT2D eigenvalue weighted by Gasteiger charge is -2.21. The first-order valence-electron chi connectivity index (χ1n) is 3.50. The van der Waals surface area contributed by atoms with E-state index in [1.54, 1.807) is 23.7 Å². The van der Waals surface area contributed by atoms with Crippen LogP contribution in [0.25, 0.3) is 0 Å². The van der Waals surface area contributed by atoms with Crippen LogP contribution in [-0.2, 0) is 0 Å². The van der Waals surface area contributed by atoms with Crippen LogP contribution in [0.5, 0.6) is 0 Å². The number of carbonyl (C=O) groups is 1. The zero-order valence-corrected chi connectivity index (χ0v) is 8.71. The normalized spacial score (nSPS) is 12.7. The fourth-order valence-corrected chi connectivity index (χ4v) is 1.40. The van der Waals surface area contributed by atoms with Crippen molar-refractivity contribution in [1.82, 2.24) is 4.90 Å². The summed E-state index contributed by atoms with van der Waals surface area (Å²) in [6.45, 7) is 2.00. The number of halogens is 1. The van der Waals surface area contributed by atoms with Gasteiger partial charge in [0.15, 0.2) is 0 Å². The quantitative estimate of drug-likeness (QED) is 0.507. The van der Waals surface area contributed by atoms with E-state index < -0.39 is 0 Å². The van der Waals surface area contributed by atoms with E-state index in [4.69, 9.17) is 11.6 Å². The second-order valence-corrected chi connectivity index (χ2v) is 3.80. The van der Waals surface area contributed by atoms with Gasteiger partial charge in [0.25, 0.3) is 0 Å². The van der Waals surface area contributed by atoms with E-state index in [9.17, 15) is 4.79 Å². The van der Waals surface area contributed by atoms with Crippen molar-refractivity contribution in [2.75, 3.05) is 19.1 Å². The number of hydrogen-bond donors (Lipinski definition) is 0. The van der Waals surface area contributed by atoms with Crippen molar-refractivity contribution < 1.29 is 4.79 Å². The van der Waals surface area contributed by atoms with Crippen LogP contribution in [-0.4, -0.2) is 35.4 Å². The molecule has 11 heavy (non-hydrogen) atoms. The van der Waals surface area contributed by atoms with Crippen molar-refractivity contribution in [3.8, 4) is 0 Å². The van der Waals surface area contributed by atoms with Crippen LogP contribution in [0.15, 0.2) is 0 Å². The standard InChI is InChI=1S/C7H14ClNOS/c1-6(4-5-11-3)9(2)7(8)10/h6H,4-5H2,1-3H3. The third-order valence-corrected chi connectivity index (χ3v) is 2.59. The molecular formula is C7H14ClNOS. The molecule has 4 heteroatoms. The first-order chi connectivity index (χ1) is 5.09. The molecule has 0 heterocycles. The third-order valence-electron chi connectivity index (χ3n) is 1.68. The molecule has 0 aromatic rings. The van der Waals surface area contributed by atoms with E-state index in [0.29, 0.717) is 0 Å². The zero-order valence-electron chi connectivity index (χ0n) is 7.13. The van der Waals surface area contributed by atoms with Crippen LogP contribution < -0.4 is 0 Å². The van der Waals surface area contributed by atoms with Gasteiger partial charge in [-0.05, 0) is 37.0 Å². The van der Waals surface area contributed by atoms with E-state index in [-0.39, 0.29) is 11.4 Å². The molecule has 0 bridgehead atoms. The molecular weight excluding hydrogens is 182 g/mol. The van der Waals surface area contributed by atoms with Gasteiger partial charge < -0.3 is 4.90 Å².